The molecule has 0 atom stereocenters. The molecule has 1 aromatic rings. The van der Waals surface area contributed by atoms with Crippen LogP contribution < -0.4 is 11.1 Å². The molecule has 1 fully saturated rings. The highest BCUT2D eigenvalue weighted by Gasteiger charge is 2.18. The van der Waals surface area contributed by atoms with E-state index in [0.717, 1.165) is 32.0 Å². The third-order valence-electron chi connectivity index (χ3n) is 4.99. The second-order valence-electron chi connectivity index (χ2n) is 6.96. The average Bonchev–Trinajstić information content (AvgIpc) is 2.62. The van der Waals surface area contributed by atoms with Crippen LogP contribution in [0.3, 0.4) is 0 Å². The Labute approximate surface area is 147 Å². The minimum atomic E-state index is 0.555. The van der Waals surface area contributed by atoms with Gasteiger partial charge < -0.3 is 11.1 Å². The zero-order valence-corrected chi connectivity index (χ0v) is 15.4. The van der Waals surface area contributed by atoms with Gasteiger partial charge in [0.15, 0.2) is 5.96 Å². The summed E-state index contributed by atoms with van der Waals surface area (Å²) < 4.78 is 0. The highest BCUT2D eigenvalue weighted by atomic mass is 15.1. The zero-order chi connectivity index (χ0) is 17.2. The van der Waals surface area contributed by atoms with Gasteiger partial charge in [0.2, 0.25) is 0 Å². The van der Waals surface area contributed by atoms with Crippen molar-refractivity contribution >= 4 is 5.96 Å². The van der Waals surface area contributed by atoms with Crippen molar-refractivity contribution in [2.24, 2.45) is 10.7 Å². The van der Waals surface area contributed by atoms with Crippen molar-refractivity contribution < 1.29 is 0 Å². The number of aliphatic imine (C=N–C) groups is 1. The number of benzene rings is 1. The van der Waals surface area contributed by atoms with E-state index in [1.54, 1.807) is 0 Å². The van der Waals surface area contributed by atoms with Gasteiger partial charge in [-0.2, -0.15) is 0 Å². The van der Waals surface area contributed by atoms with Crippen LogP contribution in [-0.2, 0) is 13.1 Å². The number of guanidine groups is 1. The molecule has 0 unspecified atom stereocenters. The topological polar surface area (TPSA) is 53.6 Å². The van der Waals surface area contributed by atoms with Crippen molar-refractivity contribution in [3.8, 4) is 0 Å². The van der Waals surface area contributed by atoms with Crippen LogP contribution in [0, 0.1) is 0 Å². The van der Waals surface area contributed by atoms with Crippen molar-refractivity contribution in [3.05, 3.63) is 35.4 Å². The molecule has 1 aliphatic carbocycles. The van der Waals surface area contributed by atoms with E-state index >= 15 is 0 Å². The SMILES string of the molecule is CCCCNC(N)=NCc1ccccc1CN(C)C1CCCCC1. The highest BCUT2D eigenvalue weighted by Crippen LogP contribution is 2.23. The number of unbranched alkanes of at least 4 members (excludes halogenated alkanes) is 1. The second-order valence-corrected chi connectivity index (χ2v) is 6.96. The number of nitrogens with one attached hydrogen (secondary N) is 1. The van der Waals surface area contributed by atoms with Crippen LogP contribution in [0.1, 0.15) is 63.0 Å². The Bertz CT molecular complexity index is 506. The molecule has 0 saturated heterocycles. The Hall–Kier alpha value is -1.55. The fourth-order valence-corrected chi connectivity index (χ4v) is 3.41. The van der Waals surface area contributed by atoms with Crippen LogP contribution in [0.2, 0.25) is 0 Å². The summed E-state index contributed by atoms with van der Waals surface area (Å²) in [4.78, 5) is 7.03. The van der Waals surface area contributed by atoms with Crippen molar-refractivity contribution in [1.82, 2.24) is 10.2 Å². The summed E-state index contributed by atoms with van der Waals surface area (Å²) in [6.07, 6.45) is 9.12. The quantitative estimate of drug-likeness (QED) is 0.434. The first-order valence-corrected chi connectivity index (χ1v) is 9.51. The van der Waals surface area contributed by atoms with E-state index in [9.17, 15) is 0 Å². The molecule has 4 nitrogen and oxygen atoms in total. The molecule has 1 saturated carbocycles. The molecule has 24 heavy (non-hydrogen) atoms. The molecular formula is C20H34N4. The average molecular weight is 331 g/mol. The molecule has 134 valence electrons. The predicted octanol–water partition coefficient (Wildman–Crippen LogP) is 3.66. The molecular weight excluding hydrogens is 296 g/mol. The zero-order valence-electron chi connectivity index (χ0n) is 15.4. The number of hydrogen-bond donors (Lipinski definition) is 2. The van der Waals surface area contributed by atoms with Gasteiger partial charge in [-0.3, -0.25) is 4.90 Å². The van der Waals surface area contributed by atoms with Gasteiger partial charge in [-0.05, 0) is 37.4 Å². The molecule has 4 heteroatoms. The molecule has 2 rings (SSSR count). The molecule has 0 heterocycles. The summed E-state index contributed by atoms with van der Waals surface area (Å²) in [5.74, 6) is 0.555. The minimum absolute atomic E-state index is 0.555. The smallest absolute Gasteiger partial charge is 0.188 e. The third-order valence-corrected chi connectivity index (χ3v) is 4.99. The lowest BCUT2D eigenvalue weighted by Crippen LogP contribution is -2.33. The molecule has 3 N–H and O–H groups in total. The van der Waals surface area contributed by atoms with Crippen molar-refractivity contribution in [1.29, 1.82) is 0 Å². The molecule has 0 amide bonds. The minimum Gasteiger partial charge on any atom is -0.370 e. The van der Waals surface area contributed by atoms with Gasteiger partial charge in [0.1, 0.15) is 0 Å². The van der Waals surface area contributed by atoms with Crippen LogP contribution in [0.15, 0.2) is 29.3 Å². The summed E-state index contributed by atoms with van der Waals surface area (Å²) in [5.41, 5.74) is 8.61. The van der Waals surface area contributed by atoms with Crippen molar-refractivity contribution in [2.75, 3.05) is 13.6 Å². The fourth-order valence-electron chi connectivity index (χ4n) is 3.41. The number of rotatable bonds is 8. The molecule has 0 aromatic heterocycles. The first-order chi connectivity index (χ1) is 11.7. The van der Waals surface area contributed by atoms with Crippen LogP contribution in [0.5, 0.6) is 0 Å². The second kappa shape index (κ2) is 10.3. The van der Waals surface area contributed by atoms with E-state index in [0.29, 0.717) is 12.5 Å². The van der Waals surface area contributed by atoms with Gasteiger partial charge in [-0.25, -0.2) is 4.99 Å². The molecule has 1 aromatic carbocycles. The van der Waals surface area contributed by atoms with Gasteiger partial charge in [0, 0.05) is 19.1 Å². The van der Waals surface area contributed by atoms with Crippen LogP contribution >= 0.6 is 0 Å². The molecule has 0 spiro atoms. The van der Waals surface area contributed by atoms with Crippen LogP contribution in [-0.4, -0.2) is 30.5 Å². The maximum Gasteiger partial charge on any atom is 0.188 e. The van der Waals surface area contributed by atoms with Crippen LogP contribution in [0.25, 0.3) is 0 Å². The summed E-state index contributed by atoms with van der Waals surface area (Å²) in [6.45, 7) is 4.73. The van der Waals surface area contributed by atoms with Gasteiger partial charge in [0.25, 0.3) is 0 Å². The monoisotopic (exact) mass is 330 g/mol. The van der Waals surface area contributed by atoms with Crippen LogP contribution in [0.4, 0.5) is 0 Å². The van der Waals surface area contributed by atoms with E-state index in [1.165, 1.54) is 43.2 Å². The summed E-state index contributed by atoms with van der Waals surface area (Å²) in [7, 11) is 2.26. The Kier molecular flexibility index (Phi) is 8.10. The van der Waals surface area contributed by atoms with E-state index in [4.69, 9.17) is 5.73 Å². The normalized spacial score (nSPS) is 16.5. The molecule has 0 bridgehead atoms. The van der Waals surface area contributed by atoms with Gasteiger partial charge in [-0.1, -0.05) is 56.9 Å². The molecule has 0 aliphatic heterocycles. The Morgan fingerprint density at radius 2 is 1.92 bits per heavy atom. The Balaban J connectivity index is 1.92. The van der Waals surface area contributed by atoms with Crippen molar-refractivity contribution in [3.63, 3.8) is 0 Å². The van der Waals surface area contributed by atoms with E-state index in [-0.39, 0.29) is 0 Å². The Morgan fingerprint density at radius 1 is 1.21 bits per heavy atom. The van der Waals surface area contributed by atoms with E-state index in [2.05, 4.69) is 53.4 Å². The lowest BCUT2D eigenvalue weighted by Gasteiger charge is -2.31. The number of hydrogen-bond acceptors (Lipinski definition) is 2. The predicted molar refractivity (Wildman–Crippen MR) is 103 cm³/mol. The molecule has 1 aliphatic rings. The van der Waals surface area contributed by atoms with Crippen molar-refractivity contribution in [2.45, 2.75) is 71.0 Å². The summed E-state index contributed by atoms with van der Waals surface area (Å²) >= 11 is 0. The fraction of sp³-hybridized carbons (Fsp3) is 0.650. The van der Waals surface area contributed by atoms with E-state index < -0.39 is 0 Å². The Morgan fingerprint density at radius 3 is 2.62 bits per heavy atom. The van der Waals surface area contributed by atoms with E-state index in [1.807, 2.05) is 0 Å². The lowest BCUT2D eigenvalue weighted by molar-refractivity contribution is 0.184. The highest BCUT2D eigenvalue weighted by molar-refractivity contribution is 5.77. The largest absolute Gasteiger partial charge is 0.370 e. The third kappa shape index (κ3) is 6.16. The first kappa shape index (κ1) is 18.8. The first-order valence-electron chi connectivity index (χ1n) is 9.51. The summed E-state index contributed by atoms with van der Waals surface area (Å²) in [5, 5.41) is 3.18. The number of nitrogens with zero attached hydrogens (tertiary/aromatic N) is 2. The van der Waals surface area contributed by atoms with Gasteiger partial charge in [-0.15, -0.1) is 0 Å². The molecule has 0 radical (unpaired) electrons. The maximum absolute atomic E-state index is 5.96. The maximum atomic E-state index is 5.96. The standard InChI is InChI=1S/C20H34N4/c1-3-4-14-22-20(21)23-15-17-10-8-9-11-18(17)16-24(2)19-12-6-5-7-13-19/h8-11,19H,3-7,12-16H2,1-2H3,(H3,21,22,23). The lowest BCUT2D eigenvalue weighted by atomic mass is 9.94. The van der Waals surface area contributed by atoms with Gasteiger partial charge >= 0.3 is 0 Å². The summed E-state index contributed by atoms with van der Waals surface area (Å²) in [6, 6.07) is 9.35. The number of nitrogens with two attached hydrogens (primary N) is 1. The van der Waals surface area contributed by atoms with Gasteiger partial charge in [0.05, 0.1) is 6.54 Å².